The molecule has 0 fully saturated rings. The molecule has 0 bridgehead atoms. The molecule has 3 rings (SSSR count). The van der Waals surface area contributed by atoms with Crippen LogP contribution in [-0.2, 0) is 6.54 Å². The molecule has 0 spiro atoms. The van der Waals surface area contributed by atoms with Gasteiger partial charge < -0.3 is 10.4 Å². The molecule has 1 aromatic heterocycles. The normalized spacial score (nSPS) is 10.5. The number of aromatic hydroxyl groups is 1. The van der Waals surface area contributed by atoms with Crippen LogP contribution in [0.15, 0.2) is 65.4 Å². The van der Waals surface area contributed by atoms with Crippen molar-refractivity contribution in [3.63, 3.8) is 0 Å². The van der Waals surface area contributed by atoms with Crippen LogP contribution in [-0.4, -0.2) is 14.9 Å². The molecule has 1 heterocycles. The molecule has 5 heteroatoms. The van der Waals surface area contributed by atoms with E-state index in [0.29, 0.717) is 11.0 Å². The van der Waals surface area contributed by atoms with Crippen molar-refractivity contribution in [2.75, 3.05) is 5.32 Å². The molecule has 0 aliphatic heterocycles. The van der Waals surface area contributed by atoms with E-state index in [4.69, 9.17) is 0 Å². The van der Waals surface area contributed by atoms with E-state index in [1.807, 2.05) is 59.4 Å². The van der Waals surface area contributed by atoms with E-state index in [1.54, 1.807) is 6.20 Å². The number of benzene rings is 2. The number of rotatable bonds is 4. The summed E-state index contributed by atoms with van der Waals surface area (Å²) in [5, 5.41) is 17.4. The Kier molecular flexibility index (Phi) is 3.92. The molecule has 0 aliphatic rings. The summed E-state index contributed by atoms with van der Waals surface area (Å²) in [6.45, 7) is 0.562. The average Bonchev–Trinajstić information content (AvgIpc) is 3.04. The molecule has 2 aromatic carbocycles. The van der Waals surface area contributed by atoms with E-state index in [2.05, 4.69) is 26.3 Å². The summed E-state index contributed by atoms with van der Waals surface area (Å²) in [4.78, 5) is 0. The summed E-state index contributed by atoms with van der Waals surface area (Å²) in [6, 6.07) is 15.5. The first kappa shape index (κ1) is 13.7. The molecule has 4 nitrogen and oxygen atoms in total. The first-order valence-electron chi connectivity index (χ1n) is 6.54. The van der Waals surface area contributed by atoms with Gasteiger partial charge in [0.05, 0.1) is 10.2 Å². The van der Waals surface area contributed by atoms with Gasteiger partial charge in [-0.3, -0.25) is 0 Å². The van der Waals surface area contributed by atoms with Crippen molar-refractivity contribution in [1.82, 2.24) is 9.78 Å². The number of halogens is 1. The second-order valence-electron chi connectivity index (χ2n) is 4.60. The summed E-state index contributed by atoms with van der Waals surface area (Å²) in [5.74, 6) is 0.276. The third-order valence-corrected chi connectivity index (χ3v) is 3.83. The van der Waals surface area contributed by atoms with Crippen LogP contribution in [0, 0.1) is 0 Å². The summed E-state index contributed by atoms with van der Waals surface area (Å²) >= 11 is 3.32. The summed E-state index contributed by atoms with van der Waals surface area (Å²) in [5.41, 5.74) is 2.85. The lowest BCUT2D eigenvalue weighted by atomic mass is 10.2. The zero-order valence-electron chi connectivity index (χ0n) is 11.2. The molecule has 0 amide bonds. The smallest absolute Gasteiger partial charge is 0.134 e. The largest absolute Gasteiger partial charge is 0.506 e. The fourth-order valence-electron chi connectivity index (χ4n) is 2.05. The highest BCUT2D eigenvalue weighted by atomic mass is 79.9. The Morgan fingerprint density at radius 3 is 2.62 bits per heavy atom. The molecule has 0 atom stereocenters. The highest BCUT2D eigenvalue weighted by Gasteiger charge is 2.04. The second kappa shape index (κ2) is 6.01. The molecular weight excluding hydrogens is 330 g/mol. The average molecular weight is 344 g/mol. The van der Waals surface area contributed by atoms with Gasteiger partial charge in [0.15, 0.2) is 0 Å². The van der Waals surface area contributed by atoms with Crippen molar-refractivity contribution >= 4 is 21.6 Å². The first-order valence-corrected chi connectivity index (χ1v) is 7.33. The Morgan fingerprint density at radius 1 is 1.10 bits per heavy atom. The van der Waals surface area contributed by atoms with Gasteiger partial charge in [0.1, 0.15) is 5.75 Å². The Labute approximate surface area is 131 Å². The number of nitrogens with zero attached hydrogens (tertiary/aromatic N) is 2. The maximum atomic E-state index is 9.95. The fraction of sp³-hybridized carbons (Fsp3) is 0.0625. The van der Waals surface area contributed by atoms with Gasteiger partial charge in [-0.1, -0.05) is 12.1 Å². The predicted octanol–water partition coefficient (Wildman–Crippen LogP) is 3.95. The topological polar surface area (TPSA) is 50.1 Å². The van der Waals surface area contributed by atoms with Crippen LogP contribution >= 0.6 is 15.9 Å². The van der Waals surface area contributed by atoms with E-state index in [1.165, 1.54) is 0 Å². The van der Waals surface area contributed by atoms with E-state index in [9.17, 15) is 5.11 Å². The number of hydrogen-bond acceptors (Lipinski definition) is 3. The minimum atomic E-state index is 0.276. The van der Waals surface area contributed by atoms with Crippen LogP contribution in [0.3, 0.4) is 0 Å². The molecule has 0 unspecified atom stereocenters. The number of nitrogens with one attached hydrogen (secondary N) is 1. The zero-order chi connectivity index (χ0) is 14.7. The third kappa shape index (κ3) is 3.08. The van der Waals surface area contributed by atoms with Crippen LogP contribution in [0.1, 0.15) is 5.56 Å². The van der Waals surface area contributed by atoms with Gasteiger partial charge in [-0.2, -0.15) is 5.10 Å². The van der Waals surface area contributed by atoms with Crippen molar-refractivity contribution < 1.29 is 5.11 Å². The zero-order valence-corrected chi connectivity index (χ0v) is 12.8. The van der Waals surface area contributed by atoms with Gasteiger partial charge in [0.2, 0.25) is 0 Å². The molecule has 2 N–H and O–H groups in total. The van der Waals surface area contributed by atoms with Crippen LogP contribution in [0.4, 0.5) is 5.69 Å². The summed E-state index contributed by atoms with van der Waals surface area (Å²) < 4.78 is 2.51. The molecule has 0 aliphatic carbocycles. The van der Waals surface area contributed by atoms with E-state index < -0.39 is 0 Å². The number of para-hydroxylation sites is 1. The molecular formula is C16H14BrN3O. The van der Waals surface area contributed by atoms with Crippen LogP contribution in [0.2, 0.25) is 0 Å². The Hall–Kier alpha value is -2.27. The highest BCUT2D eigenvalue weighted by molar-refractivity contribution is 9.10. The summed E-state index contributed by atoms with van der Waals surface area (Å²) in [7, 11) is 0. The predicted molar refractivity (Wildman–Crippen MR) is 86.7 cm³/mol. The Balaban J connectivity index is 1.70. The Morgan fingerprint density at radius 2 is 1.90 bits per heavy atom. The monoisotopic (exact) mass is 343 g/mol. The molecule has 0 saturated heterocycles. The molecule has 0 radical (unpaired) electrons. The van der Waals surface area contributed by atoms with Gasteiger partial charge >= 0.3 is 0 Å². The van der Waals surface area contributed by atoms with E-state index in [0.717, 1.165) is 16.9 Å². The van der Waals surface area contributed by atoms with Gasteiger partial charge in [0.25, 0.3) is 0 Å². The van der Waals surface area contributed by atoms with Crippen LogP contribution in [0.25, 0.3) is 5.69 Å². The summed E-state index contributed by atoms with van der Waals surface area (Å²) in [6.07, 6.45) is 3.66. The number of anilines is 1. The highest BCUT2D eigenvalue weighted by Crippen LogP contribution is 2.28. The standard InChI is InChI=1S/C16H14BrN3O/c17-15-4-1-3-12(16(15)21)11-18-13-5-7-14(8-6-13)20-10-2-9-19-20/h1-10,18,21H,11H2. The van der Waals surface area contributed by atoms with Crippen molar-refractivity contribution in [3.8, 4) is 11.4 Å². The van der Waals surface area contributed by atoms with Gasteiger partial charge in [0, 0.05) is 30.2 Å². The number of phenolic OH excluding ortho intramolecular Hbond substituents is 1. The number of aromatic nitrogens is 2. The van der Waals surface area contributed by atoms with Gasteiger partial charge in [-0.15, -0.1) is 0 Å². The molecule has 106 valence electrons. The molecule has 21 heavy (non-hydrogen) atoms. The third-order valence-electron chi connectivity index (χ3n) is 3.19. The maximum Gasteiger partial charge on any atom is 0.134 e. The van der Waals surface area contributed by atoms with Crippen molar-refractivity contribution in [2.45, 2.75) is 6.54 Å². The lowest BCUT2D eigenvalue weighted by Gasteiger charge is -2.10. The lowest BCUT2D eigenvalue weighted by Crippen LogP contribution is -2.00. The number of phenols is 1. The minimum absolute atomic E-state index is 0.276. The van der Waals surface area contributed by atoms with Crippen molar-refractivity contribution in [2.24, 2.45) is 0 Å². The quantitative estimate of drug-likeness (QED) is 0.753. The fourth-order valence-corrected chi connectivity index (χ4v) is 2.46. The van der Waals surface area contributed by atoms with Crippen molar-refractivity contribution in [3.05, 3.63) is 71.0 Å². The maximum absolute atomic E-state index is 9.95. The molecule has 0 saturated carbocycles. The van der Waals surface area contributed by atoms with Crippen LogP contribution < -0.4 is 5.32 Å². The van der Waals surface area contributed by atoms with E-state index >= 15 is 0 Å². The van der Waals surface area contributed by atoms with Gasteiger partial charge in [-0.05, 0) is 52.3 Å². The number of hydrogen-bond donors (Lipinski definition) is 2. The Bertz CT molecular complexity index is 724. The second-order valence-corrected chi connectivity index (χ2v) is 5.45. The minimum Gasteiger partial charge on any atom is -0.506 e. The van der Waals surface area contributed by atoms with Gasteiger partial charge in [-0.25, -0.2) is 4.68 Å². The SMILES string of the molecule is Oc1c(Br)cccc1CNc1ccc(-n2cccn2)cc1. The van der Waals surface area contributed by atoms with Crippen molar-refractivity contribution in [1.29, 1.82) is 0 Å². The molecule has 3 aromatic rings. The van der Waals surface area contributed by atoms with E-state index in [-0.39, 0.29) is 5.75 Å². The van der Waals surface area contributed by atoms with Crippen LogP contribution in [0.5, 0.6) is 5.75 Å². The lowest BCUT2D eigenvalue weighted by molar-refractivity contribution is 0.465. The first-order chi connectivity index (χ1) is 10.2.